The van der Waals surface area contributed by atoms with Crippen molar-refractivity contribution in [3.8, 4) is 5.75 Å². The maximum absolute atomic E-state index is 12.3. The van der Waals surface area contributed by atoms with Crippen LogP contribution < -0.4 is 21.9 Å². The lowest BCUT2D eigenvalue weighted by Crippen LogP contribution is -2.10. The normalized spacial score (nSPS) is 10.5. The van der Waals surface area contributed by atoms with E-state index in [4.69, 9.17) is 21.9 Å². The number of nitrogen functional groups attached to an aromatic ring is 3. The first-order valence-electron chi connectivity index (χ1n) is 6.70. The molecule has 0 radical (unpaired) electrons. The van der Waals surface area contributed by atoms with Crippen LogP contribution in [0.3, 0.4) is 0 Å². The summed E-state index contributed by atoms with van der Waals surface area (Å²) in [5.41, 5.74) is 19.1. The first-order chi connectivity index (χ1) is 10.5. The summed E-state index contributed by atoms with van der Waals surface area (Å²) in [6.45, 7) is 0. The van der Waals surface area contributed by atoms with E-state index in [1.165, 1.54) is 12.1 Å². The van der Waals surface area contributed by atoms with Gasteiger partial charge in [-0.05, 0) is 30.3 Å². The SMILES string of the molecule is Nc1cc(N)cc(C(=O)Oc2cccc3c(N)cccc23)c1. The summed E-state index contributed by atoms with van der Waals surface area (Å²) in [4.78, 5) is 12.3. The number of benzene rings is 3. The molecule has 22 heavy (non-hydrogen) atoms. The number of nitrogens with two attached hydrogens (primary N) is 3. The van der Waals surface area contributed by atoms with Crippen LogP contribution >= 0.6 is 0 Å². The Morgan fingerprint density at radius 1 is 0.818 bits per heavy atom. The maximum atomic E-state index is 12.3. The van der Waals surface area contributed by atoms with Crippen LogP contribution in [0.25, 0.3) is 10.8 Å². The van der Waals surface area contributed by atoms with Gasteiger partial charge in [-0.15, -0.1) is 0 Å². The van der Waals surface area contributed by atoms with Gasteiger partial charge in [-0.2, -0.15) is 0 Å². The molecule has 110 valence electrons. The monoisotopic (exact) mass is 293 g/mol. The quantitative estimate of drug-likeness (QED) is 0.383. The average Bonchev–Trinajstić information content (AvgIpc) is 2.47. The number of hydrogen-bond acceptors (Lipinski definition) is 5. The van der Waals surface area contributed by atoms with Crippen molar-refractivity contribution in [1.29, 1.82) is 0 Å². The molecule has 0 unspecified atom stereocenters. The number of hydrogen-bond donors (Lipinski definition) is 3. The topological polar surface area (TPSA) is 104 Å². The Morgan fingerprint density at radius 3 is 2.18 bits per heavy atom. The van der Waals surface area contributed by atoms with E-state index in [2.05, 4.69) is 0 Å². The van der Waals surface area contributed by atoms with Gasteiger partial charge in [-0.3, -0.25) is 0 Å². The van der Waals surface area contributed by atoms with Crippen LogP contribution in [0.1, 0.15) is 10.4 Å². The first kappa shape index (κ1) is 13.8. The van der Waals surface area contributed by atoms with Gasteiger partial charge in [0.25, 0.3) is 0 Å². The Morgan fingerprint density at radius 2 is 1.45 bits per heavy atom. The number of carbonyl (C=O) groups is 1. The molecule has 0 fully saturated rings. The first-order valence-corrected chi connectivity index (χ1v) is 6.70. The van der Waals surface area contributed by atoms with Crippen molar-refractivity contribution < 1.29 is 9.53 Å². The average molecular weight is 293 g/mol. The van der Waals surface area contributed by atoms with E-state index in [1.807, 2.05) is 18.2 Å². The molecule has 0 spiro atoms. The number of anilines is 3. The van der Waals surface area contributed by atoms with Crippen molar-refractivity contribution in [2.45, 2.75) is 0 Å². The second-order valence-corrected chi connectivity index (χ2v) is 4.98. The maximum Gasteiger partial charge on any atom is 0.343 e. The summed E-state index contributed by atoms with van der Waals surface area (Å²) in [7, 11) is 0. The molecule has 0 aliphatic carbocycles. The lowest BCUT2D eigenvalue weighted by Gasteiger charge is -2.10. The summed E-state index contributed by atoms with van der Waals surface area (Å²) in [5.74, 6) is -0.0790. The summed E-state index contributed by atoms with van der Waals surface area (Å²) in [6, 6.07) is 15.5. The molecule has 0 saturated carbocycles. The number of carbonyl (C=O) groups excluding carboxylic acids is 1. The minimum absolute atomic E-state index is 0.304. The van der Waals surface area contributed by atoms with Crippen LogP contribution in [0.4, 0.5) is 17.1 Å². The molecule has 3 aromatic rings. The van der Waals surface area contributed by atoms with Crippen molar-refractivity contribution in [2.24, 2.45) is 0 Å². The summed E-state index contributed by atoms with van der Waals surface area (Å²) in [5, 5.41) is 1.60. The molecule has 3 rings (SSSR count). The summed E-state index contributed by atoms with van der Waals surface area (Å²) >= 11 is 0. The Balaban J connectivity index is 1.99. The van der Waals surface area contributed by atoms with Gasteiger partial charge in [0.05, 0.1) is 5.56 Å². The smallest absolute Gasteiger partial charge is 0.343 e. The lowest BCUT2D eigenvalue weighted by molar-refractivity contribution is 0.0737. The van der Waals surface area contributed by atoms with Gasteiger partial charge in [0.1, 0.15) is 5.75 Å². The predicted molar refractivity (Wildman–Crippen MR) is 88.6 cm³/mol. The fraction of sp³-hybridized carbons (Fsp3) is 0. The van der Waals surface area contributed by atoms with Crippen molar-refractivity contribution in [3.63, 3.8) is 0 Å². The molecule has 0 atom stereocenters. The molecule has 0 saturated heterocycles. The molecular weight excluding hydrogens is 278 g/mol. The van der Waals surface area contributed by atoms with Crippen molar-refractivity contribution in [2.75, 3.05) is 17.2 Å². The molecule has 0 aliphatic rings. The fourth-order valence-electron chi connectivity index (χ4n) is 2.35. The molecule has 6 N–H and O–H groups in total. The zero-order valence-corrected chi connectivity index (χ0v) is 11.7. The number of esters is 1. The zero-order chi connectivity index (χ0) is 15.7. The van der Waals surface area contributed by atoms with Gasteiger partial charge in [-0.1, -0.05) is 24.3 Å². The van der Waals surface area contributed by atoms with E-state index in [0.29, 0.717) is 28.4 Å². The molecule has 0 aromatic heterocycles. The van der Waals surface area contributed by atoms with Gasteiger partial charge in [-0.25, -0.2) is 4.79 Å². The van der Waals surface area contributed by atoms with Crippen molar-refractivity contribution >= 4 is 33.8 Å². The molecule has 0 aliphatic heterocycles. The van der Waals surface area contributed by atoms with Gasteiger partial charge in [0.2, 0.25) is 0 Å². The van der Waals surface area contributed by atoms with E-state index < -0.39 is 5.97 Å². The van der Waals surface area contributed by atoms with Gasteiger partial charge in [0, 0.05) is 27.8 Å². The Hall–Kier alpha value is -3.21. The number of rotatable bonds is 2. The minimum atomic E-state index is -0.520. The van der Waals surface area contributed by atoms with E-state index in [1.54, 1.807) is 24.3 Å². The van der Waals surface area contributed by atoms with Crippen LogP contribution in [-0.4, -0.2) is 5.97 Å². The van der Waals surface area contributed by atoms with Gasteiger partial charge >= 0.3 is 5.97 Å². The largest absolute Gasteiger partial charge is 0.422 e. The molecular formula is C17H15N3O2. The Labute approximate surface area is 127 Å². The summed E-state index contributed by atoms with van der Waals surface area (Å²) < 4.78 is 5.47. The third-order valence-electron chi connectivity index (χ3n) is 3.33. The fourth-order valence-corrected chi connectivity index (χ4v) is 2.35. The highest BCUT2D eigenvalue weighted by molar-refractivity contribution is 6.00. The Kier molecular flexibility index (Phi) is 3.31. The van der Waals surface area contributed by atoms with E-state index >= 15 is 0 Å². The van der Waals surface area contributed by atoms with E-state index in [0.717, 1.165) is 10.8 Å². The Bertz CT molecular complexity index is 855. The van der Waals surface area contributed by atoms with Crippen LogP contribution in [0.2, 0.25) is 0 Å². The molecule has 5 heteroatoms. The van der Waals surface area contributed by atoms with Crippen LogP contribution in [-0.2, 0) is 0 Å². The molecule has 0 amide bonds. The molecule has 5 nitrogen and oxygen atoms in total. The minimum Gasteiger partial charge on any atom is -0.422 e. The van der Waals surface area contributed by atoms with Gasteiger partial charge < -0.3 is 21.9 Å². The summed E-state index contributed by atoms with van der Waals surface area (Å²) in [6.07, 6.45) is 0. The van der Waals surface area contributed by atoms with Crippen LogP contribution in [0, 0.1) is 0 Å². The van der Waals surface area contributed by atoms with E-state index in [9.17, 15) is 4.79 Å². The van der Waals surface area contributed by atoms with Crippen molar-refractivity contribution in [3.05, 3.63) is 60.2 Å². The lowest BCUT2D eigenvalue weighted by atomic mass is 10.1. The molecule has 3 aromatic carbocycles. The highest BCUT2D eigenvalue weighted by atomic mass is 16.5. The van der Waals surface area contributed by atoms with Crippen LogP contribution in [0.5, 0.6) is 5.75 Å². The number of fused-ring (bicyclic) bond motifs is 1. The third-order valence-corrected chi connectivity index (χ3v) is 3.33. The second-order valence-electron chi connectivity index (χ2n) is 4.98. The highest BCUT2D eigenvalue weighted by Gasteiger charge is 2.12. The highest BCUT2D eigenvalue weighted by Crippen LogP contribution is 2.30. The third kappa shape index (κ3) is 2.52. The standard InChI is InChI=1S/C17H15N3O2/c18-11-7-10(8-12(19)9-11)17(21)22-16-6-2-3-13-14(16)4-1-5-15(13)20/h1-9H,18-20H2. The van der Waals surface area contributed by atoms with Crippen LogP contribution in [0.15, 0.2) is 54.6 Å². The molecule has 0 heterocycles. The van der Waals surface area contributed by atoms with E-state index in [-0.39, 0.29) is 0 Å². The second kappa shape index (κ2) is 5.29. The molecule has 0 bridgehead atoms. The number of ether oxygens (including phenoxy) is 1. The predicted octanol–water partition coefficient (Wildman–Crippen LogP) is 2.81. The van der Waals surface area contributed by atoms with Crippen molar-refractivity contribution in [1.82, 2.24) is 0 Å². The van der Waals surface area contributed by atoms with Gasteiger partial charge in [0.15, 0.2) is 0 Å². The zero-order valence-electron chi connectivity index (χ0n) is 11.7.